The average molecular weight is 327 g/mol. The van der Waals surface area contributed by atoms with Gasteiger partial charge in [-0.25, -0.2) is 0 Å². The highest BCUT2D eigenvalue weighted by Gasteiger charge is 2.07. The Morgan fingerprint density at radius 2 is 1.59 bits per heavy atom. The maximum absolute atomic E-state index is 11.6. The Morgan fingerprint density at radius 1 is 0.955 bits per heavy atom. The summed E-state index contributed by atoms with van der Waals surface area (Å²) in [7, 11) is 0. The second-order valence-electron chi connectivity index (χ2n) is 5.07. The number of rotatable bonds is 10. The fraction of sp³-hybridized carbons (Fsp3) is 0.529. The van der Waals surface area contributed by atoms with E-state index in [0.29, 0.717) is 18.1 Å². The van der Waals surface area contributed by atoms with E-state index >= 15 is 0 Å². The topological polar surface area (TPSA) is 52.6 Å². The summed E-state index contributed by atoms with van der Waals surface area (Å²) in [5.41, 5.74) is 0.882. The van der Waals surface area contributed by atoms with Gasteiger partial charge in [0.1, 0.15) is 6.61 Å². The first-order chi connectivity index (χ1) is 10.6. The lowest BCUT2D eigenvalue weighted by Crippen LogP contribution is -2.08. The zero-order valence-electron chi connectivity index (χ0n) is 13.0. The van der Waals surface area contributed by atoms with Gasteiger partial charge < -0.3 is 9.47 Å². The van der Waals surface area contributed by atoms with Gasteiger partial charge in [0.25, 0.3) is 0 Å². The number of carbonyl (C=O) groups is 2. The predicted octanol–water partition coefficient (Wildman–Crippen LogP) is 4.29. The molecule has 0 saturated carbocycles. The van der Waals surface area contributed by atoms with Crippen LogP contribution in [0.1, 0.15) is 51.0 Å². The van der Waals surface area contributed by atoms with Gasteiger partial charge in [-0.3, -0.25) is 9.59 Å². The predicted molar refractivity (Wildman–Crippen MR) is 85.6 cm³/mol. The van der Waals surface area contributed by atoms with E-state index in [4.69, 9.17) is 21.1 Å². The van der Waals surface area contributed by atoms with Crippen molar-refractivity contribution in [2.75, 3.05) is 6.61 Å². The van der Waals surface area contributed by atoms with Crippen LogP contribution >= 0.6 is 11.6 Å². The fourth-order valence-electron chi connectivity index (χ4n) is 1.80. The monoisotopic (exact) mass is 326 g/mol. The minimum Gasteiger partial charge on any atom is -0.466 e. The van der Waals surface area contributed by atoms with E-state index in [2.05, 4.69) is 6.92 Å². The van der Waals surface area contributed by atoms with Crippen molar-refractivity contribution < 1.29 is 19.1 Å². The number of hydrogen-bond acceptors (Lipinski definition) is 4. The zero-order chi connectivity index (χ0) is 16.2. The molecule has 0 atom stereocenters. The third-order valence-corrected chi connectivity index (χ3v) is 3.34. The van der Waals surface area contributed by atoms with E-state index in [9.17, 15) is 9.59 Å². The number of halogens is 1. The van der Waals surface area contributed by atoms with Crippen LogP contribution in [0, 0.1) is 0 Å². The van der Waals surface area contributed by atoms with Crippen molar-refractivity contribution in [2.24, 2.45) is 0 Å². The van der Waals surface area contributed by atoms with Gasteiger partial charge in [-0.1, -0.05) is 43.5 Å². The van der Waals surface area contributed by atoms with E-state index in [1.807, 2.05) is 12.1 Å². The van der Waals surface area contributed by atoms with Crippen molar-refractivity contribution in [2.45, 2.75) is 52.1 Å². The Bertz CT molecular complexity index is 456. The standard InChI is InChI=1S/C17H23ClO4/c1-2-3-4-12-21-16(19)6-5-7-17(20)22-13-14-8-10-15(18)11-9-14/h8-11H,2-7,12-13H2,1H3. The van der Waals surface area contributed by atoms with Crippen LogP contribution in [0.15, 0.2) is 24.3 Å². The van der Waals surface area contributed by atoms with Crippen LogP contribution in [0.25, 0.3) is 0 Å². The van der Waals surface area contributed by atoms with E-state index in [-0.39, 0.29) is 31.4 Å². The Morgan fingerprint density at radius 3 is 2.23 bits per heavy atom. The van der Waals surface area contributed by atoms with Gasteiger partial charge in [-0.15, -0.1) is 0 Å². The van der Waals surface area contributed by atoms with Gasteiger partial charge in [0.05, 0.1) is 6.61 Å². The molecule has 0 unspecified atom stereocenters. The molecule has 5 heteroatoms. The molecule has 0 radical (unpaired) electrons. The van der Waals surface area contributed by atoms with E-state index < -0.39 is 0 Å². The third-order valence-electron chi connectivity index (χ3n) is 3.09. The SMILES string of the molecule is CCCCCOC(=O)CCCC(=O)OCc1ccc(Cl)cc1. The summed E-state index contributed by atoms with van der Waals surface area (Å²) in [5, 5.41) is 0.646. The number of ether oxygens (including phenoxy) is 2. The molecular formula is C17H23ClO4. The molecule has 0 aliphatic carbocycles. The third kappa shape index (κ3) is 8.67. The van der Waals surface area contributed by atoms with Crippen LogP contribution in [0.3, 0.4) is 0 Å². The molecule has 122 valence electrons. The number of hydrogen-bond donors (Lipinski definition) is 0. The molecule has 0 spiro atoms. The molecule has 1 rings (SSSR count). The molecule has 1 aromatic rings. The first-order valence-corrected chi connectivity index (χ1v) is 8.05. The Kier molecular flexibility index (Phi) is 9.31. The Labute approximate surface area is 136 Å². The zero-order valence-corrected chi connectivity index (χ0v) is 13.7. The summed E-state index contributed by atoms with van der Waals surface area (Å²) in [6, 6.07) is 7.12. The lowest BCUT2D eigenvalue weighted by molar-refractivity contribution is -0.146. The number of carbonyl (C=O) groups excluding carboxylic acids is 2. The second kappa shape index (κ2) is 11.1. The maximum atomic E-state index is 11.6. The van der Waals surface area contributed by atoms with E-state index in [1.54, 1.807) is 12.1 Å². The summed E-state index contributed by atoms with van der Waals surface area (Å²) in [4.78, 5) is 23.0. The minimum atomic E-state index is -0.311. The molecule has 4 nitrogen and oxygen atoms in total. The van der Waals surface area contributed by atoms with Gasteiger partial charge in [-0.05, 0) is 30.5 Å². The summed E-state index contributed by atoms with van der Waals surface area (Å²) in [6.07, 6.45) is 3.97. The Balaban J connectivity index is 2.08. The molecular weight excluding hydrogens is 304 g/mol. The highest BCUT2D eigenvalue weighted by Crippen LogP contribution is 2.11. The van der Waals surface area contributed by atoms with Gasteiger partial charge in [-0.2, -0.15) is 0 Å². The van der Waals surface area contributed by atoms with Gasteiger partial charge in [0.15, 0.2) is 0 Å². The van der Waals surface area contributed by atoms with Crippen molar-refractivity contribution in [3.05, 3.63) is 34.9 Å². The molecule has 0 amide bonds. The van der Waals surface area contributed by atoms with Gasteiger partial charge in [0.2, 0.25) is 0 Å². The number of benzene rings is 1. The van der Waals surface area contributed by atoms with Crippen molar-refractivity contribution in [3.8, 4) is 0 Å². The first-order valence-electron chi connectivity index (χ1n) is 7.67. The largest absolute Gasteiger partial charge is 0.466 e. The quantitative estimate of drug-likeness (QED) is 0.475. The molecule has 0 aromatic heterocycles. The smallest absolute Gasteiger partial charge is 0.306 e. The number of unbranched alkanes of at least 4 members (excludes halogenated alkanes) is 2. The van der Waals surface area contributed by atoms with Crippen LogP contribution in [0.5, 0.6) is 0 Å². The second-order valence-corrected chi connectivity index (χ2v) is 5.50. The summed E-state index contributed by atoms with van der Waals surface area (Å²) >= 11 is 5.77. The molecule has 0 aliphatic heterocycles. The van der Waals surface area contributed by atoms with Crippen LogP contribution in [0.2, 0.25) is 5.02 Å². The molecule has 22 heavy (non-hydrogen) atoms. The van der Waals surface area contributed by atoms with Crippen molar-refractivity contribution in [3.63, 3.8) is 0 Å². The lowest BCUT2D eigenvalue weighted by atomic mass is 10.2. The van der Waals surface area contributed by atoms with E-state index in [1.165, 1.54) is 0 Å². The average Bonchev–Trinajstić information content (AvgIpc) is 2.51. The molecule has 0 heterocycles. The van der Waals surface area contributed by atoms with Crippen LogP contribution in [0.4, 0.5) is 0 Å². The molecule has 0 fully saturated rings. The molecule has 0 saturated heterocycles. The molecule has 1 aromatic carbocycles. The summed E-state index contributed by atoms with van der Waals surface area (Å²) in [6.45, 7) is 2.78. The lowest BCUT2D eigenvalue weighted by Gasteiger charge is -2.06. The summed E-state index contributed by atoms with van der Waals surface area (Å²) < 4.78 is 10.2. The van der Waals surface area contributed by atoms with Crippen molar-refractivity contribution in [1.82, 2.24) is 0 Å². The molecule has 0 bridgehead atoms. The molecule has 0 N–H and O–H groups in total. The number of esters is 2. The Hall–Kier alpha value is -1.55. The maximum Gasteiger partial charge on any atom is 0.306 e. The highest BCUT2D eigenvalue weighted by molar-refractivity contribution is 6.30. The minimum absolute atomic E-state index is 0.220. The first kappa shape index (κ1) is 18.5. The van der Waals surface area contributed by atoms with Crippen molar-refractivity contribution in [1.29, 1.82) is 0 Å². The van der Waals surface area contributed by atoms with Gasteiger partial charge in [0, 0.05) is 17.9 Å². The van der Waals surface area contributed by atoms with Crippen LogP contribution in [-0.2, 0) is 25.7 Å². The van der Waals surface area contributed by atoms with Gasteiger partial charge >= 0.3 is 11.9 Å². The molecule has 0 aliphatic rings. The van der Waals surface area contributed by atoms with Crippen LogP contribution < -0.4 is 0 Å². The summed E-state index contributed by atoms with van der Waals surface area (Å²) in [5.74, 6) is -0.560. The van der Waals surface area contributed by atoms with Crippen molar-refractivity contribution >= 4 is 23.5 Å². The normalized spacial score (nSPS) is 10.3. The van der Waals surface area contributed by atoms with Crippen LogP contribution in [-0.4, -0.2) is 18.5 Å². The highest BCUT2D eigenvalue weighted by atomic mass is 35.5. The fourth-order valence-corrected chi connectivity index (χ4v) is 1.93. The van der Waals surface area contributed by atoms with E-state index in [0.717, 1.165) is 24.8 Å².